The number of hydrogen-bond donors (Lipinski definition) is 1. The summed E-state index contributed by atoms with van der Waals surface area (Å²) in [6.45, 7) is 7.92. The first kappa shape index (κ1) is 17.6. The fraction of sp³-hybridized carbons (Fsp3) is 0.625. The van der Waals surface area contributed by atoms with Crippen LogP contribution in [-0.4, -0.2) is 39.1 Å². The molecular weight excluding hydrogens is 329 g/mol. The monoisotopic (exact) mass is 353 g/mol. The van der Waals surface area contributed by atoms with Gasteiger partial charge in [0.25, 0.3) is 0 Å². The Morgan fingerprint density at radius 1 is 1.12 bits per heavy atom. The highest BCUT2D eigenvalue weighted by Gasteiger charge is 2.51. The SMILES string of the molecule is CC1(C)OB(c2cc(NS(C)(=O)=O)cc(OC3CC3)c2)OC1(C)C. The standard InChI is InChI=1S/C16H24BNO5S/c1-15(2)16(3,4)23-17(22-15)11-8-12(18-24(5,19)20)10-14(9-11)21-13-6-7-13/h8-10,13,18H,6-7H2,1-5H3. The van der Waals surface area contributed by atoms with Gasteiger partial charge in [-0.2, -0.15) is 0 Å². The number of ether oxygens (including phenoxy) is 1. The quantitative estimate of drug-likeness (QED) is 0.819. The predicted octanol–water partition coefficient (Wildman–Crippen LogP) is 1.90. The van der Waals surface area contributed by atoms with Gasteiger partial charge in [-0.05, 0) is 58.1 Å². The molecule has 0 unspecified atom stereocenters. The summed E-state index contributed by atoms with van der Waals surface area (Å²) in [7, 11) is -3.95. The topological polar surface area (TPSA) is 73.9 Å². The third-order valence-electron chi connectivity index (χ3n) is 4.58. The van der Waals surface area contributed by atoms with Crippen molar-refractivity contribution >= 4 is 28.3 Å². The largest absolute Gasteiger partial charge is 0.495 e. The van der Waals surface area contributed by atoms with Gasteiger partial charge in [-0.1, -0.05) is 0 Å². The maximum absolute atomic E-state index is 11.6. The molecule has 1 aliphatic carbocycles. The second kappa shape index (κ2) is 5.64. The van der Waals surface area contributed by atoms with Crippen LogP contribution in [0.4, 0.5) is 5.69 Å². The molecule has 132 valence electrons. The molecule has 0 radical (unpaired) electrons. The lowest BCUT2D eigenvalue weighted by Crippen LogP contribution is -2.41. The molecular formula is C16H24BNO5S. The minimum Gasteiger partial charge on any atom is -0.490 e. The molecule has 1 saturated carbocycles. The molecule has 1 aliphatic heterocycles. The van der Waals surface area contributed by atoms with Crippen molar-refractivity contribution in [1.29, 1.82) is 0 Å². The Bertz CT molecular complexity index is 727. The third kappa shape index (κ3) is 3.87. The minimum atomic E-state index is -3.38. The summed E-state index contributed by atoms with van der Waals surface area (Å²) in [5, 5.41) is 0. The van der Waals surface area contributed by atoms with E-state index in [0.29, 0.717) is 11.4 Å². The Morgan fingerprint density at radius 2 is 1.71 bits per heavy atom. The van der Waals surface area contributed by atoms with Crippen molar-refractivity contribution in [3.8, 4) is 5.75 Å². The average molecular weight is 353 g/mol. The average Bonchev–Trinajstić information content (AvgIpc) is 3.14. The van der Waals surface area contributed by atoms with Gasteiger partial charge in [0.15, 0.2) is 0 Å². The van der Waals surface area contributed by atoms with Crippen LogP contribution in [0.25, 0.3) is 0 Å². The number of sulfonamides is 1. The highest BCUT2D eigenvalue weighted by atomic mass is 32.2. The molecule has 0 aromatic heterocycles. The molecule has 0 atom stereocenters. The van der Waals surface area contributed by atoms with Crippen LogP contribution in [0, 0.1) is 0 Å². The van der Waals surface area contributed by atoms with Crippen LogP contribution < -0.4 is 14.9 Å². The summed E-state index contributed by atoms with van der Waals surface area (Å²) in [6, 6.07) is 5.27. The zero-order valence-electron chi connectivity index (χ0n) is 14.8. The number of benzene rings is 1. The number of anilines is 1. The molecule has 2 aliphatic rings. The normalized spacial score (nSPS) is 22.5. The predicted molar refractivity (Wildman–Crippen MR) is 94.3 cm³/mol. The number of nitrogens with one attached hydrogen (secondary N) is 1. The molecule has 1 aromatic carbocycles. The molecule has 8 heteroatoms. The van der Waals surface area contributed by atoms with E-state index in [1.807, 2.05) is 33.8 Å². The van der Waals surface area contributed by atoms with Gasteiger partial charge in [0.1, 0.15) is 5.75 Å². The van der Waals surface area contributed by atoms with E-state index in [9.17, 15) is 8.42 Å². The molecule has 1 saturated heterocycles. The first-order chi connectivity index (χ1) is 11.0. The Balaban J connectivity index is 1.92. The van der Waals surface area contributed by atoms with E-state index in [2.05, 4.69) is 4.72 Å². The van der Waals surface area contributed by atoms with Gasteiger partial charge in [-0.15, -0.1) is 0 Å². The summed E-state index contributed by atoms with van der Waals surface area (Å²) in [6.07, 6.45) is 3.38. The Kier molecular flexibility index (Phi) is 4.13. The van der Waals surface area contributed by atoms with Crippen molar-refractivity contribution < 1.29 is 22.5 Å². The molecule has 3 rings (SSSR count). The molecule has 1 heterocycles. The smallest absolute Gasteiger partial charge is 0.490 e. The fourth-order valence-corrected chi connectivity index (χ4v) is 3.00. The van der Waals surface area contributed by atoms with E-state index in [0.717, 1.165) is 24.6 Å². The highest BCUT2D eigenvalue weighted by Crippen LogP contribution is 2.37. The van der Waals surface area contributed by atoms with E-state index in [-0.39, 0.29) is 6.10 Å². The van der Waals surface area contributed by atoms with Crippen molar-refractivity contribution in [3.05, 3.63) is 18.2 Å². The van der Waals surface area contributed by atoms with Crippen molar-refractivity contribution in [2.45, 2.75) is 57.8 Å². The van der Waals surface area contributed by atoms with Gasteiger partial charge in [-0.25, -0.2) is 8.42 Å². The van der Waals surface area contributed by atoms with E-state index >= 15 is 0 Å². The fourth-order valence-electron chi connectivity index (χ4n) is 2.46. The summed E-state index contributed by atoms with van der Waals surface area (Å²) >= 11 is 0. The van der Waals surface area contributed by atoms with E-state index in [4.69, 9.17) is 14.0 Å². The maximum Gasteiger partial charge on any atom is 0.495 e. The third-order valence-corrected chi connectivity index (χ3v) is 5.19. The van der Waals surface area contributed by atoms with Crippen LogP contribution in [0.5, 0.6) is 5.75 Å². The zero-order chi connectivity index (χ0) is 17.8. The van der Waals surface area contributed by atoms with E-state index in [1.54, 1.807) is 12.1 Å². The molecule has 1 N–H and O–H groups in total. The Labute approximate surface area is 144 Å². The van der Waals surface area contributed by atoms with Crippen LogP contribution in [-0.2, 0) is 19.3 Å². The van der Waals surface area contributed by atoms with Crippen LogP contribution in [0.15, 0.2) is 18.2 Å². The summed E-state index contributed by atoms with van der Waals surface area (Å²) in [5.41, 5.74) is 0.253. The van der Waals surface area contributed by atoms with Gasteiger partial charge in [0, 0.05) is 6.07 Å². The lowest BCUT2D eigenvalue weighted by atomic mass is 9.79. The number of rotatable bonds is 5. The lowest BCUT2D eigenvalue weighted by molar-refractivity contribution is 0.00578. The minimum absolute atomic E-state index is 0.213. The Morgan fingerprint density at radius 3 is 2.21 bits per heavy atom. The molecule has 1 aromatic rings. The molecule has 2 fully saturated rings. The van der Waals surface area contributed by atoms with Gasteiger partial charge in [0.05, 0.1) is 29.2 Å². The molecule has 24 heavy (non-hydrogen) atoms. The second-order valence-electron chi connectivity index (χ2n) is 7.57. The van der Waals surface area contributed by atoms with E-state index < -0.39 is 28.3 Å². The van der Waals surface area contributed by atoms with Gasteiger partial charge >= 0.3 is 7.12 Å². The molecule has 6 nitrogen and oxygen atoms in total. The second-order valence-corrected chi connectivity index (χ2v) is 9.32. The summed E-state index contributed by atoms with van der Waals surface area (Å²) < 4.78 is 43.6. The van der Waals surface area contributed by atoms with Gasteiger partial charge < -0.3 is 14.0 Å². The van der Waals surface area contributed by atoms with Crippen LogP contribution in [0.2, 0.25) is 0 Å². The lowest BCUT2D eigenvalue weighted by Gasteiger charge is -2.32. The molecule has 0 amide bonds. The van der Waals surface area contributed by atoms with Crippen molar-refractivity contribution in [1.82, 2.24) is 0 Å². The zero-order valence-corrected chi connectivity index (χ0v) is 15.6. The van der Waals surface area contributed by atoms with E-state index in [1.165, 1.54) is 0 Å². The van der Waals surface area contributed by atoms with Crippen LogP contribution in [0.1, 0.15) is 40.5 Å². The summed E-state index contributed by atoms with van der Waals surface area (Å²) in [5.74, 6) is 0.621. The van der Waals surface area contributed by atoms with Crippen LogP contribution in [0.3, 0.4) is 0 Å². The first-order valence-electron chi connectivity index (χ1n) is 8.10. The maximum atomic E-state index is 11.6. The van der Waals surface area contributed by atoms with Crippen molar-refractivity contribution in [3.63, 3.8) is 0 Å². The Hall–Kier alpha value is -1.25. The van der Waals surface area contributed by atoms with Gasteiger partial charge in [0.2, 0.25) is 10.0 Å². The molecule has 0 spiro atoms. The number of hydrogen-bond acceptors (Lipinski definition) is 5. The van der Waals surface area contributed by atoms with Crippen molar-refractivity contribution in [2.75, 3.05) is 11.0 Å². The highest BCUT2D eigenvalue weighted by molar-refractivity contribution is 7.92. The van der Waals surface area contributed by atoms with Crippen LogP contribution >= 0.6 is 0 Å². The summed E-state index contributed by atoms with van der Waals surface area (Å²) in [4.78, 5) is 0. The van der Waals surface area contributed by atoms with Crippen molar-refractivity contribution in [2.24, 2.45) is 0 Å². The molecule has 0 bridgehead atoms. The first-order valence-corrected chi connectivity index (χ1v) is 9.99. The van der Waals surface area contributed by atoms with Gasteiger partial charge in [-0.3, -0.25) is 4.72 Å².